The molecule has 120 heavy (non-hydrogen) atoms. The summed E-state index contributed by atoms with van der Waals surface area (Å²) < 4.78 is 51.7. The van der Waals surface area contributed by atoms with Gasteiger partial charge in [0.25, 0.3) is 0 Å². The van der Waals surface area contributed by atoms with Crippen LogP contribution in [0.1, 0.15) is 191 Å². The zero-order valence-corrected chi connectivity index (χ0v) is 65.1. The molecule has 2 saturated heterocycles. The molecular weight excluding hydrogens is 1560 g/mol. The number of ketones is 6. The number of carbonyl (C=O) groups excluding carboxylic acids is 9. The monoisotopic (exact) mass is 1640 g/mol. The maximum atomic E-state index is 14.1. The second kappa shape index (κ2) is 33.1. The highest BCUT2D eigenvalue weighted by Gasteiger charge is 2.54. The number of hydrogen-bond donors (Lipinski definition) is 12. The van der Waals surface area contributed by atoms with E-state index >= 15 is 0 Å². The summed E-state index contributed by atoms with van der Waals surface area (Å²) in [6, 6.07) is 38.0. The molecule has 8 aromatic rings. The molecule has 0 radical (unpaired) electrons. The number of aliphatic hydroxyl groups is 5. The summed E-state index contributed by atoms with van der Waals surface area (Å²) in [6.45, 7) is 1.03. The molecule has 8 aromatic carbocycles. The lowest BCUT2D eigenvalue weighted by molar-refractivity contribution is -0.249. The Bertz CT molecular complexity index is 5470. The summed E-state index contributed by atoms with van der Waals surface area (Å²) in [5, 5.41) is 117. The van der Waals surface area contributed by atoms with E-state index in [1.165, 1.54) is 57.5 Å². The van der Waals surface area contributed by atoms with E-state index in [9.17, 15) is 93.9 Å². The van der Waals surface area contributed by atoms with Gasteiger partial charge in [-0.25, -0.2) is 9.59 Å². The molecule has 0 saturated carbocycles. The zero-order valence-electron chi connectivity index (χ0n) is 65.1. The van der Waals surface area contributed by atoms with Crippen LogP contribution in [-0.2, 0) is 65.2 Å². The van der Waals surface area contributed by atoms with Crippen LogP contribution in [0.25, 0.3) is 22.3 Å². The number of carboxylic acid groups (broad SMARTS) is 1. The van der Waals surface area contributed by atoms with E-state index < -0.39 is 215 Å². The first kappa shape index (κ1) is 82.8. The number of phenols is 4. The van der Waals surface area contributed by atoms with Gasteiger partial charge in [-0.3, -0.25) is 38.4 Å². The van der Waals surface area contributed by atoms with Crippen molar-refractivity contribution >= 4 is 58.8 Å². The van der Waals surface area contributed by atoms with Crippen LogP contribution < -0.4 is 20.1 Å². The van der Waals surface area contributed by atoms with Crippen LogP contribution in [0.15, 0.2) is 133 Å². The van der Waals surface area contributed by atoms with E-state index in [2.05, 4.69) is 10.6 Å². The minimum Gasteiger partial charge on any atom is -0.507 e. The fraction of sp³-hybridized carbons (Fsp3) is 0.348. The third-order valence-electron chi connectivity index (χ3n) is 23.8. The lowest BCUT2D eigenvalue weighted by atomic mass is 9.72. The Labute approximate surface area is 683 Å². The number of fused-ring (bicyclic) bond motifs is 12. The Morgan fingerprint density at radius 1 is 0.467 bits per heavy atom. The lowest BCUT2D eigenvalue weighted by Gasteiger charge is -2.42. The third-order valence-corrected chi connectivity index (χ3v) is 23.8. The molecule has 6 aliphatic carbocycles. The number of Topliss-reactive ketones (excluding diaryl/α,β-unsaturated/α-hetero) is 2. The molecule has 8 aliphatic rings. The first-order valence-electron chi connectivity index (χ1n) is 38.9. The predicted molar refractivity (Wildman–Crippen MR) is 417 cm³/mol. The van der Waals surface area contributed by atoms with Crippen LogP contribution in [-0.4, -0.2) is 211 Å². The second-order valence-corrected chi connectivity index (χ2v) is 30.9. The van der Waals surface area contributed by atoms with Gasteiger partial charge in [-0.2, -0.15) is 0 Å². The topological polar surface area (TPSA) is 480 Å². The minimum atomic E-state index is -2.49. The van der Waals surface area contributed by atoms with Crippen molar-refractivity contribution < 1.29 is 142 Å². The molecule has 0 aromatic heterocycles. The van der Waals surface area contributed by atoms with E-state index in [0.717, 1.165) is 44.5 Å². The molecule has 31 nitrogen and oxygen atoms in total. The molecule has 2 amide bonds. The lowest BCUT2D eigenvalue weighted by Crippen LogP contribution is -2.56. The number of aliphatic carboxylic acids is 1. The van der Waals surface area contributed by atoms with Gasteiger partial charge in [0.05, 0.1) is 84.1 Å². The Balaban J connectivity index is 0.000000189. The van der Waals surface area contributed by atoms with Gasteiger partial charge in [0, 0.05) is 96.6 Å². The normalized spacial score (nSPS) is 24.0. The van der Waals surface area contributed by atoms with Crippen LogP contribution in [0.4, 0.5) is 9.59 Å². The van der Waals surface area contributed by atoms with Gasteiger partial charge in [0.2, 0.25) is 17.3 Å². The molecule has 2 heterocycles. The number of methoxy groups -OCH3 is 2. The highest BCUT2D eigenvalue weighted by Crippen LogP contribution is 2.56. The number of hydrogen-bond acceptors (Lipinski definition) is 28. The first-order valence-corrected chi connectivity index (χ1v) is 38.9. The number of ether oxygens (including phenoxy) is 9. The minimum absolute atomic E-state index is 0.0115. The number of nitrogens with one attached hydrogen (secondary N) is 2. The molecule has 0 unspecified atom stereocenters. The van der Waals surface area contributed by atoms with Gasteiger partial charge in [-0.1, -0.05) is 121 Å². The third kappa shape index (κ3) is 14.9. The number of rotatable bonds is 21. The van der Waals surface area contributed by atoms with Crippen molar-refractivity contribution in [2.24, 2.45) is 0 Å². The van der Waals surface area contributed by atoms with Gasteiger partial charge in [0.15, 0.2) is 36.5 Å². The summed E-state index contributed by atoms with van der Waals surface area (Å²) in [6.07, 6.45) is -15.4. The molecule has 2 fully saturated rings. The van der Waals surface area contributed by atoms with Crippen LogP contribution in [0.5, 0.6) is 34.5 Å². The van der Waals surface area contributed by atoms with Crippen molar-refractivity contribution in [3.63, 3.8) is 0 Å². The van der Waals surface area contributed by atoms with Gasteiger partial charge >= 0.3 is 24.1 Å². The molecule has 0 bridgehead atoms. The van der Waals surface area contributed by atoms with E-state index in [-0.39, 0.29) is 113 Å². The van der Waals surface area contributed by atoms with E-state index in [1.807, 2.05) is 97.1 Å². The summed E-state index contributed by atoms with van der Waals surface area (Å²) in [5.74, 6) is -10.9. The molecular formula is C89H84N2O29. The van der Waals surface area contributed by atoms with E-state index in [1.54, 1.807) is 6.92 Å². The Kier molecular flexibility index (Phi) is 22.9. The SMILES string of the molecule is COc1cccc2c1C(=O)c1c(O)c3c(c(O)c1C2=O)C[C@@](O)(C(=O)CO)C[C@@H]3O[C@H]1C[C@H](NC(=O)OCC2c3ccccc3-c3ccccc32)[C@H](O)[C@H](C)O1.COc1cccc2c1C(=O)c1c(O)c3c(c(O)c1C2=O)C[C@@](O)(C(=O)COC(=O)CCCC(=O)O)C[C@@H]3O[C@H]1C[C@H](NC(=O)OCC2c3ccccc3-c3ccccc32)[C@H](O)[C@H](C)O1. The molecule has 12 N–H and O–H groups in total. The molecule has 624 valence electrons. The number of phenolic OH excluding ortho intramolecular Hbond substituents is 4. The average Bonchev–Trinajstić information content (AvgIpc) is 1.64. The van der Waals surface area contributed by atoms with Crippen molar-refractivity contribution in [1.29, 1.82) is 0 Å². The standard InChI is InChI=1S/C47H45NO16.C42H39NO13/c1-22-41(53)30(48-46(58)62-20-29-25-11-5-3-9-23(25)24-10-4-6-12-26(24)29)17-36(63-22)64-32-19-47(59,33(49)21-61-35(52)16-8-15-34(50)51)18-28-38(32)45(57)40-39(43(28)55)42(54)27-13-7-14-31(60-2)37(27)44(40)56;1-19-36(46)27(43-41(51)54-18-26-22-10-5-3-8-20(22)21-9-4-6-11-23(21)26)14-31(55-19)56-29-16-42(52,30(45)17-44)15-25-33(29)40(50)35-34(38(25)48)37(47)24-12-7-13-28(53-2)32(24)39(35)49/h3-7,9-14,22,29-30,32,36,41,53,55,57,59H,8,15-21H2,1-2H3,(H,48,58)(H,50,51);3-13,19,26-27,29,31,36,44,46,48,50,52H,14-18H2,1-2H3,(H,43,51)/t22-,30-,32-,36-,41+,47-;19-,27-,29-,31-,36+,42-/m00/s1. The molecule has 12 atom stereocenters. The molecule has 31 heteroatoms. The van der Waals surface area contributed by atoms with Crippen LogP contribution in [0.2, 0.25) is 0 Å². The van der Waals surface area contributed by atoms with Crippen molar-refractivity contribution in [3.05, 3.63) is 222 Å². The van der Waals surface area contributed by atoms with E-state index in [0.29, 0.717) is 0 Å². The Hall–Kier alpha value is -12.3. The number of carbonyl (C=O) groups is 10. The Morgan fingerprint density at radius 3 is 1.21 bits per heavy atom. The second-order valence-electron chi connectivity index (χ2n) is 30.9. The highest BCUT2D eigenvalue weighted by molar-refractivity contribution is 6.32. The van der Waals surface area contributed by atoms with Crippen molar-refractivity contribution in [1.82, 2.24) is 10.6 Å². The van der Waals surface area contributed by atoms with Crippen molar-refractivity contribution in [2.75, 3.05) is 40.6 Å². The Morgan fingerprint density at radius 2 is 0.833 bits per heavy atom. The predicted octanol–water partition coefficient (Wildman–Crippen LogP) is 7.97. The molecule has 16 rings (SSSR count). The maximum absolute atomic E-state index is 14.1. The summed E-state index contributed by atoms with van der Waals surface area (Å²) in [7, 11) is 2.60. The summed E-state index contributed by atoms with van der Waals surface area (Å²) in [5.41, 5.74) is -0.291. The maximum Gasteiger partial charge on any atom is 0.407 e. The van der Waals surface area contributed by atoms with Crippen molar-refractivity contribution in [2.45, 2.75) is 156 Å². The fourth-order valence-electron chi connectivity index (χ4n) is 17.9. The molecule has 0 spiro atoms. The largest absolute Gasteiger partial charge is 0.507 e. The van der Waals surface area contributed by atoms with Crippen LogP contribution in [0, 0.1) is 0 Å². The highest BCUT2D eigenvalue weighted by atomic mass is 16.7. The average molecular weight is 1650 g/mol. The molecule has 2 aliphatic heterocycles. The number of esters is 1. The smallest absolute Gasteiger partial charge is 0.407 e. The van der Waals surface area contributed by atoms with Gasteiger partial charge in [-0.15, -0.1) is 0 Å². The van der Waals surface area contributed by atoms with Crippen LogP contribution >= 0.6 is 0 Å². The van der Waals surface area contributed by atoms with Gasteiger partial charge in [-0.05, 0) is 76.9 Å². The first-order chi connectivity index (χ1) is 57.5. The fourth-order valence-corrected chi connectivity index (χ4v) is 17.9. The number of aliphatic hydroxyl groups excluding tert-OH is 3. The summed E-state index contributed by atoms with van der Waals surface area (Å²) >= 11 is 0. The number of aromatic hydroxyl groups is 4. The number of carboxylic acids is 1. The van der Waals surface area contributed by atoms with Crippen LogP contribution in [0.3, 0.4) is 0 Å². The van der Waals surface area contributed by atoms with Gasteiger partial charge < -0.3 is 104 Å². The summed E-state index contributed by atoms with van der Waals surface area (Å²) in [4.78, 5) is 133. The van der Waals surface area contributed by atoms with E-state index in [4.69, 9.17) is 47.7 Å². The van der Waals surface area contributed by atoms with Gasteiger partial charge in [0.1, 0.15) is 77.7 Å². The number of benzene rings is 8. The zero-order chi connectivity index (χ0) is 85.2. The quantitative estimate of drug-likeness (QED) is 0.0184. The number of amides is 2. The number of alkyl carbamates (subject to hydrolysis) is 2. The van der Waals surface area contributed by atoms with Crippen molar-refractivity contribution in [3.8, 4) is 56.8 Å².